The van der Waals surface area contributed by atoms with Gasteiger partial charge in [0.15, 0.2) is 6.10 Å². The summed E-state index contributed by atoms with van der Waals surface area (Å²) in [6.45, 7) is 0.0798. The van der Waals surface area contributed by atoms with Crippen molar-refractivity contribution in [3.8, 4) is 11.1 Å². The number of benzene rings is 2. The number of fused-ring (bicyclic) bond motifs is 3. The van der Waals surface area contributed by atoms with Crippen molar-refractivity contribution in [2.24, 2.45) is 5.92 Å². The zero-order valence-electron chi connectivity index (χ0n) is 18.5. The Kier molecular flexibility index (Phi) is 6.93. The second-order valence-electron chi connectivity index (χ2n) is 8.42. The monoisotopic (exact) mass is 452 g/mol. The molecule has 0 bridgehead atoms. The molecule has 1 saturated carbocycles. The summed E-state index contributed by atoms with van der Waals surface area (Å²) in [5, 5.41) is 14.5. The maximum atomic E-state index is 12.6. The summed E-state index contributed by atoms with van der Waals surface area (Å²) in [5.41, 5.74) is 4.59. The van der Waals surface area contributed by atoms with Crippen LogP contribution in [0.15, 0.2) is 48.5 Å². The summed E-state index contributed by atoms with van der Waals surface area (Å²) in [6.07, 6.45) is 0.407. The number of nitrogens with one attached hydrogen (secondary N) is 2. The molecule has 3 atom stereocenters. The van der Waals surface area contributed by atoms with E-state index in [-0.39, 0.29) is 31.0 Å². The molecule has 1 fully saturated rings. The first kappa shape index (κ1) is 22.8. The third-order valence-electron chi connectivity index (χ3n) is 6.52. The number of ether oxygens (including phenoxy) is 2. The number of amides is 2. The van der Waals surface area contributed by atoms with Gasteiger partial charge in [0.1, 0.15) is 6.61 Å². The summed E-state index contributed by atoms with van der Waals surface area (Å²) >= 11 is 0. The minimum Gasteiger partial charge on any atom is -0.479 e. The number of rotatable bonds is 8. The Morgan fingerprint density at radius 2 is 1.67 bits per heavy atom. The van der Waals surface area contributed by atoms with Crippen molar-refractivity contribution in [1.82, 2.24) is 10.6 Å². The molecule has 8 nitrogen and oxygen atoms in total. The molecule has 0 aliphatic heterocycles. The maximum absolute atomic E-state index is 12.6. The molecule has 0 radical (unpaired) electrons. The Balaban J connectivity index is 1.33. The summed E-state index contributed by atoms with van der Waals surface area (Å²) in [5.74, 6) is -1.90. The molecular formula is C25H28N2O6. The summed E-state index contributed by atoms with van der Waals surface area (Å²) in [6, 6.07) is 15.9. The molecule has 2 aliphatic rings. The molecule has 0 aromatic heterocycles. The Labute approximate surface area is 192 Å². The zero-order chi connectivity index (χ0) is 23.4. The molecule has 0 spiro atoms. The van der Waals surface area contributed by atoms with Gasteiger partial charge >= 0.3 is 12.1 Å². The lowest BCUT2D eigenvalue weighted by Gasteiger charge is -2.22. The van der Waals surface area contributed by atoms with Crippen LogP contribution in [0.5, 0.6) is 0 Å². The minimum atomic E-state index is -1.14. The van der Waals surface area contributed by atoms with E-state index in [0.29, 0.717) is 12.8 Å². The smallest absolute Gasteiger partial charge is 0.407 e. The van der Waals surface area contributed by atoms with E-state index in [1.54, 1.807) is 0 Å². The molecule has 8 heteroatoms. The van der Waals surface area contributed by atoms with Gasteiger partial charge in [-0.05, 0) is 35.1 Å². The van der Waals surface area contributed by atoms with E-state index in [0.717, 1.165) is 28.7 Å². The normalized spacial score (nSPS) is 19.9. The average molecular weight is 453 g/mol. The SMILES string of the molecule is COC(CNC(=O)C1CCCC1NC(=O)OCC1c2ccccc2-c2ccccc21)C(=O)O. The molecule has 3 unspecified atom stereocenters. The Morgan fingerprint density at radius 3 is 2.27 bits per heavy atom. The summed E-state index contributed by atoms with van der Waals surface area (Å²) < 4.78 is 10.4. The third kappa shape index (κ3) is 4.85. The van der Waals surface area contributed by atoms with E-state index >= 15 is 0 Å². The van der Waals surface area contributed by atoms with Gasteiger partial charge < -0.3 is 25.2 Å². The van der Waals surface area contributed by atoms with E-state index in [9.17, 15) is 14.4 Å². The number of alkyl carbamates (subject to hydrolysis) is 1. The average Bonchev–Trinajstić information content (AvgIpc) is 3.40. The van der Waals surface area contributed by atoms with Crippen molar-refractivity contribution in [2.45, 2.75) is 37.3 Å². The standard InChI is InChI=1S/C25H28N2O6/c1-32-22(24(29)30)13-26-23(28)19-11-6-12-21(19)27-25(31)33-14-20-17-9-4-2-7-15(17)16-8-3-5-10-18(16)20/h2-5,7-10,19-22H,6,11-14H2,1H3,(H,26,28)(H,27,31)(H,29,30). The number of hydrogen-bond donors (Lipinski definition) is 3. The molecule has 2 aliphatic carbocycles. The quantitative estimate of drug-likeness (QED) is 0.568. The minimum absolute atomic E-state index is 0.0344. The van der Waals surface area contributed by atoms with Crippen molar-refractivity contribution < 1.29 is 29.0 Å². The van der Waals surface area contributed by atoms with Crippen molar-refractivity contribution in [2.75, 3.05) is 20.3 Å². The molecule has 4 rings (SSSR count). The number of hydrogen-bond acceptors (Lipinski definition) is 5. The molecule has 174 valence electrons. The van der Waals surface area contributed by atoms with E-state index in [1.807, 2.05) is 24.3 Å². The van der Waals surface area contributed by atoms with Crippen LogP contribution < -0.4 is 10.6 Å². The largest absolute Gasteiger partial charge is 0.479 e. The lowest BCUT2D eigenvalue weighted by molar-refractivity contribution is -0.148. The highest BCUT2D eigenvalue weighted by molar-refractivity contribution is 5.82. The van der Waals surface area contributed by atoms with Crippen LogP contribution in [0.1, 0.15) is 36.3 Å². The van der Waals surface area contributed by atoms with Crippen LogP contribution in [0.25, 0.3) is 11.1 Å². The van der Waals surface area contributed by atoms with Gasteiger partial charge in [0, 0.05) is 19.1 Å². The third-order valence-corrected chi connectivity index (χ3v) is 6.52. The van der Waals surface area contributed by atoms with Crippen molar-refractivity contribution in [1.29, 1.82) is 0 Å². The molecule has 0 heterocycles. The molecule has 3 N–H and O–H groups in total. The van der Waals surface area contributed by atoms with Crippen LogP contribution in [-0.4, -0.2) is 55.5 Å². The number of carboxylic acid groups (broad SMARTS) is 1. The summed E-state index contributed by atoms with van der Waals surface area (Å²) in [7, 11) is 1.28. The highest BCUT2D eigenvalue weighted by Gasteiger charge is 2.35. The first-order valence-electron chi connectivity index (χ1n) is 11.1. The molecule has 2 aromatic rings. The fourth-order valence-corrected chi connectivity index (χ4v) is 4.83. The topological polar surface area (TPSA) is 114 Å². The van der Waals surface area contributed by atoms with Gasteiger partial charge in [-0.25, -0.2) is 9.59 Å². The van der Waals surface area contributed by atoms with Gasteiger partial charge in [-0.15, -0.1) is 0 Å². The Morgan fingerprint density at radius 1 is 1.03 bits per heavy atom. The van der Waals surface area contributed by atoms with E-state index in [2.05, 4.69) is 34.9 Å². The molecule has 33 heavy (non-hydrogen) atoms. The fourth-order valence-electron chi connectivity index (χ4n) is 4.83. The van der Waals surface area contributed by atoms with Gasteiger partial charge in [-0.2, -0.15) is 0 Å². The van der Waals surface area contributed by atoms with Crippen LogP contribution in [0.4, 0.5) is 4.79 Å². The highest BCUT2D eigenvalue weighted by atomic mass is 16.5. The molecular weight excluding hydrogens is 424 g/mol. The van der Waals surface area contributed by atoms with Crippen molar-refractivity contribution in [3.63, 3.8) is 0 Å². The Bertz CT molecular complexity index is 994. The van der Waals surface area contributed by atoms with Crippen LogP contribution in [0, 0.1) is 5.92 Å². The van der Waals surface area contributed by atoms with Gasteiger partial charge in [0.25, 0.3) is 0 Å². The van der Waals surface area contributed by atoms with E-state index in [1.165, 1.54) is 7.11 Å². The van der Waals surface area contributed by atoms with E-state index in [4.69, 9.17) is 14.6 Å². The van der Waals surface area contributed by atoms with Crippen LogP contribution in [0.3, 0.4) is 0 Å². The van der Waals surface area contributed by atoms with Crippen LogP contribution in [-0.2, 0) is 19.1 Å². The zero-order valence-corrected chi connectivity index (χ0v) is 18.5. The van der Waals surface area contributed by atoms with Gasteiger partial charge in [0.2, 0.25) is 5.91 Å². The number of aliphatic carboxylic acids is 1. The number of methoxy groups -OCH3 is 1. The first-order valence-corrected chi connectivity index (χ1v) is 11.1. The first-order chi connectivity index (χ1) is 16.0. The second kappa shape index (κ2) is 10.0. The lowest BCUT2D eigenvalue weighted by Crippen LogP contribution is -2.46. The molecule has 2 amide bonds. The van der Waals surface area contributed by atoms with Gasteiger partial charge in [0.05, 0.1) is 12.5 Å². The van der Waals surface area contributed by atoms with Crippen molar-refractivity contribution in [3.05, 3.63) is 59.7 Å². The summed E-state index contributed by atoms with van der Waals surface area (Å²) in [4.78, 5) is 36.2. The Hall–Kier alpha value is -3.39. The molecule has 2 aromatic carbocycles. The molecule has 0 saturated heterocycles. The number of carbonyl (C=O) groups is 3. The predicted molar refractivity (Wildman–Crippen MR) is 121 cm³/mol. The highest BCUT2D eigenvalue weighted by Crippen LogP contribution is 2.44. The van der Waals surface area contributed by atoms with Gasteiger partial charge in [-0.1, -0.05) is 55.0 Å². The predicted octanol–water partition coefficient (Wildman–Crippen LogP) is 2.91. The number of carboxylic acids is 1. The van der Waals surface area contributed by atoms with E-state index < -0.39 is 24.1 Å². The second-order valence-corrected chi connectivity index (χ2v) is 8.42. The fraction of sp³-hybridized carbons (Fsp3) is 0.400. The van der Waals surface area contributed by atoms with Crippen LogP contribution in [0.2, 0.25) is 0 Å². The maximum Gasteiger partial charge on any atom is 0.407 e. The van der Waals surface area contributed by atoms with Crippen molar-refractivity contribution >= 4 is 18.0 Å². The van der Waals surface area contributed by atoms with Gasteiger partial charge in [-0.3, -0.25) is 4.79 Å². The lowest BCUT2D eigenvalue weighted by atomic mass is 9.98. The van der Waals surface area contributed by atoms with Crippen LogP contribution >= 0.6 is 0 Å². The number of carbonyl (C=O) groups excluding carboxylic acids is 2.